The third kappa shape index (κ3) is 5.18. The van der Waals surface area contributed by atoms with Crippen molar-refractivity contribution in [2.45, 2.75) is 70.8 Å². The molecule has 2 aliphatic rings. The molecule has 4 heteroatoms. The summed E-state index contributed by atoms with van der Waals surface area (Å²) in [7, 11) is 0. The molecule has 1 atom stereocenters. The maximum Gasteiger partial charge on any atom is 0.222 e. The van der Waals surface area contributed by atoms with Gasteiger partial charge >= 0.3 is 0 Å². The number of nitrogens with one attached hydrogen (secondary N) is 1. The predicted molar refractivity (Wildman–Crippen MR) is 83.8 cm³/mol. The van der Waals surface area contributed by atoms with Crippen molar-refractivity contribution in [2.24, 2.45) is 0 Å². The normalized spacial score (nSPS) is 21.5. The monoisotopic (exact) mass is 292 g/mol. The number of rotatable bonds is 5. The van der Waals surface area contributed by atoms with E-state index in [1.165, 1.54) is 18.4 Å². The Labute approximate surface area is 128 Å². The molecule has 0 saturated carbocycles. The Morgan fingerprint density at radius 2 is 2.05 bits per heavy atom. The quantitative estimate of drug-likeness (QED) is 0.792. The summed E-state index contributed by atoms with van der Waals surface area (Å²) in [4.78, 5) is 25.8. The lowest BCUT2D eigenvalue weighted by atomic mass is 9.95. The van der Waals surface area contributed by atoms with Gasteiger partial charge < -0.3 is 10.2 Å². The second-order valence-corrected chi connectivity index (χ2v) is 6.26. The molecular weight excluding hydrogens is 264 g/mol. The van der Waals surface area contributed by atoms with E-state index in [1.807, 2.05) is 4.90 Å². The van der Waals surface area contributed by atoms with Gasteiger partial charge in [0.05, 0.1) is 0 Å². The zero-order valence-electron chi connectivity index (χ0n) is 13.2. The van der Waals surface area contributed by atoms with E-state index < -0.39 is 0 Å². The largest absolute Gasteiger partial charge is 0.350 e. The van der Waals surface area contributed by atoms with Crippen LogP contribution in [-0.2, 0) is 9.59 Å². The number of allylic oxidation sites excluding steroid dienone is 1. The summed E-state index contributed by atoms with van der Waals surface area (Å²) < 4.78 is 0. The van der Waals surface area contributed by atoms with Gasteiger partial charge in [0.2, 0.25) is 11.8 Å². The molecule has 0 aromatic carbocycles. The first-order valence-electron chi connectivity index (χ1n) is 8.43. The van der Waals surface area contributed by atoms with Crippen LogP contribution in [0.25, 0.3) is 0 Å². The Morgan fingerprint density at radius 3 is 2.81 bits per heavy atom. The van der Waals surface area contributed by atoms with E-state index in [4.69, 9.17) is 0 Å². The number of carbonyl (C=O) groups excluding carboxylic acids is 2. The van der Waals surface area contributed by atoms with Crippen molar-refractivity contribution in [3.63, 3.8) is 0 Å². The van der Waals surface area contributed by atoms with Crippen LogP contribution >= 0.6 is 0 Å². The van der Waals surface area contributed by atoms with Gasteiger partial charge in [-0.3, -0.25) is 9.59 Å². The third-order valence-corrected chi connectivity index (χ3v) is 4.54. The highest BCUT2D eigenvalue weighted by molar-refractivity contribution is 5.79. The molecular formula is C17H28N2O2. The molecule has 1 fully saturated rings. The molecule has 118 valence electrons. The number of carbonyl (C=O) groups is 2. The van der Waals surface area contributed by atoms with Gasteiger partial charge in [-0.2, -0.15) is 0 Å². The molecule has 1 saturated heterocycles. The van der Waals surface area contributed by atoms with E-state index in [2.05, 4.69) is 18.3 Å². The Bertz CT molecular complexity index is 404. The van der Waals surface area contributed by atoms with Crippen LogP contribution in [0.5, 0.6) is 0 Å². The number of amides is 2. The maximum atomic E-state index is 12.1. The lowest BCUT2D eigenvalue weighted by molar-refractivity contribution is -0.131. The summed E-state index contributed by atoms with van der Waals surface area (Å²) in [5.74, 6) is 0.273. The van der Waals surface area contributed by atoms with Crippen molar-refractivity contribution < 1.29 is 9.59 Å². The summed E-state index contributed by atoms with van der Waals surface area (Å²) in [6.07, 6.45) is 11.3. The standard InChI is InChI=1S/C17H28N2O2/c1-14(15-8-4-2-5-9-15)18-16(20)11-13-19-12-7-3-6-10-17(19)21/h8,14H,2-7,9-13H2,1H3,(H,18,20)/t14-/m0/s1. The molecule has 1 N–H and O–H groups in total. The van der Waals surface area contributed by atoms with E-state index in [0.717, 1.165) is 38.6 Å². The van der Waals surface area contributed by atoms with Crippen LogP contribution in [0.1, 0.15) is 64.7 Å². The highest BCUT2D eigenvalue weighted by atomic mass is 16.2. The van der Waals surface area contributed by atoms with Gasteiger partial charge in [0, 0.05) is 32.0 Å². The number of hydrogen-bond acceptors (Lipinski definition) is 2. The first-order chi connectivity index (χ1) is 10.2. The van der Waals surface area contributed by atoms with E-state index in [-0.39, 0.29) is 17.9 Å². The Balaban J connectivity index is 1.73. The fourth-order valence-corrected chi connectivity index (χ4v) is 3.17. The summed E-state index contributed by atoms with van der Waals surface area (Å²) in [5, 5.41) is 3.07. The number of hydrogen-bond donors (Lipinski definition) is 1. The fourth-order valence-electron chi connectivity index (χ4n) is 3.17. The van der Waals surface area contributed by atoms with Gasteiger partial charge in [-0.1, -0.05) is 18.1 Å². The van der Waals surface area contributed by atoms with Crippen LogP contribution in [0.4, 0.5) is 0 Å². The van der Waals surface area contributed by atoms with Gasteiger partial charge in [0.1, 0.15) is 0 Å². The van der Waals surface area contributed by atoms with Crippen molar-refractivity contribution >= 4 is 11.8 Å². The molecule has 0 bridgehead atoms. The van der Waals surface area contributed by atoms with Crippen LogP contribution in [0.2, 0.25) is 0 Å². The first kappa shape index (κ1) is 16.1. The minimum atomic E-state index is 0.0611. The summed E-state index contributed by atoms with van der Waals surface area (Å²) in [6, 6.07) is 0.137. The van der Waals surface area contributed by atoms with E-state index in [1.54, 1.807) is 0 Å². The Morgan fingerprint density at radius 1 is 1.24 bits per heavy atom. The second kappa shape index (κ2) is 8.20. The van der Waals surface area contributed by atoms with Crippen LogP contribution in [0.3, 0.4) is 0 Å². The van der Waals surface area contributed by atoms with Crippen LogP contribution in [-0.4, -0.2) is 35.8 Å². The van der Waals surface area contributed by atoms with Gasteiger partial charge in [-0.05, 0) is 45.4 Å². The molecule has 0 radical (unpaired) electrons. The minimum Gasteiger partial charge on any atom is -0.350 e. The molecule has 2 rings (SSSR count). The van der Waals surface area contributed by atoms with Crippen molar-refractivity contribution in [3.8, 4) is 0 Å². The average Bonchev–Trinajstić information content (AvgIpc) is 2.70. The van der Waals surface area contributed by atoms with Crippen LogP contribution < -0.4 is 5.32 Å². The molecule has 21 heavy (non-hydrogen) atoms. The van der Waals surface area contributed by atoms with Crippen LogP contribution in [0.15, 0.2) is 11.6 Å². The third-order valence-electron chi connectivity index (χ3n) is 4.54. The topological polar surface area (TPSA) is 49.4 Å². The molecule has 0 aromatic heterocycles. The van der Waals surface area contributed by atoms with Gasteiger partial charge in [0.15, 0.2) is 0 Å². The molecule has 4 nitrogen and oxygen atoms in total. The highest BCUT2D eigenvalue weighted by Gasteiger charge is 2.18. The lowest BCUT2D eigenvalue weighted by Gasteiger charge is -2.23. The molecule has 0 spiro atoms. The van der Waals surface area contributed by atoms with Crippen molar-refractivity contribution in [3.05, 3.63) is 11.6 Å². The second-order valence-electron chi connectivity index (χ2n) is 6.26. The first-order valence-corrected chi connectivity index (χ1v) is 8.43. The van der Waals surface area contributed by atoms with E-state index in [9.17, 15) is 9.59 Å². The Hall–Kier alpha value is -1.32. The highest BCUT2D eigenvalue weighted by Crippen LogP contribution is 2.20. The molecule has 1 heterocycles. The Kier molecular flexibility index (Phi) is 6.27. The van der Waals surface area contributed by atoms with E-state index >= 15 is 0 Å². The smallest absolute Gasteiger partial charge is 0.222 e. The zero-order chi connectivity index (χ0) is 15.1. The molecule has 0 aromatic rings. The molecule has 2 amide bonds. The fraction of sp³-hybridized carbons (Fsp3) is 0.765. The van der Waals surface area contributed by atoms with Crippen molar-refractivity contribution in [1.29, 1.82) is 0 Å². The van der Waals surface area contributed by atoms with E-state index in [0.29, 0.717) is 19.4 Å². The summed E-state index contributed by atoms with van der Waals surface area (Å²) >= 11 is 0. The van der Waals surface area contributed by atoms with Gasteiger partial charge in [-0.15, -0.1) is 0 Å². The summed E-state index contributed by atoms with van der Waals surface area (Å²) in [5.41, 5.74) is 1.36. The number of likely N-dealkylation sites (tertiary alicyclic amines) is 1. The lowest BCUT2D eigenvalue weighted by Crippen LogP contribution is -2.38. The van der Waals surface area contributed by atoms with Crippen molar-refractivity contribution in [1.82, 2.24) is 10.2 Å². The average molecular weight is 292 g/mol. The minimum absolute atomic E-state index is 0.0611. The van der Waals surface area contributed by atoms with Crippen LogP contribution in [0, 0.1) is 0 Å². The molecule has 1 aliphatic carbocycles. The molecule has 0 unspecified atom stereocenters. The zero-order valence-corrected chi connectivity index (χ0v) is 13.2. The summed E-state index contributed by atoms with van der Waals surface area (Å²) in [6.45, 7) is 3.44. The SMILES string of the molecule is C[C@H](NC(=O)CCN1CCCCCC1=O)C1=CCCCC1. The maximum absolute atomic E-state index is 12.1. The van der Waals surface area contributed by atoms with Gasteiger partial charge in [-0.25, -0.2) is 0 Å². The van der Waals surface area contributed by atoms with Crippen molar-refractivity contribution in [2.75, 3.05) is 13.1 Å². The number of nitrogens with zero attached hydrogens (tertiary/aromatic N) is 1. The predicted octanol–water partition coefficient (Wildman–Crippen LogP) is 2.78. The van der Waals surface area contributed by atoms with Gasteiger partial charge in [0.25, 0.3) is 0 Å². The molecule has 1 aliphatic heterocycles.